The number of benzene rings is 2. The smallest absolute Gasteiger partial charge is 0.0796 e. The van der Waals surface area contributed by atoms with E-state index < -0.39 is 0 Å². The number of hydrogen-bond acceptors (Lipinski definition) is 2. The highest BCUT2D eigenvalue weighted by atomic mass is 15.3. The second kappa shape index (κ2) is 7.44. The van der Waals surface area contributed by atoms with Gasteiger partial charge in [0, 0.05) is 47.7 Å². The Morgan fingerprint density at radius 2 is 1.80 bits per heavy atom. The van der Waals surface area contributed by atoms with Crippen LogP contribution in [0.25, 0.3) is 27.8 Å². The molecule has 0 unspecified atom stereocenters. The minimum atomic E-state index is 0.945. The number of likely N-dealkylation sites (N-methyl/N-ethyl adjacent to an activating group) is 1. The number of rotatable bonds is 4. The van der Waals surface area contributed by atoms with Crippen LogP contribution in [0.15, 0.2) is 42.6 Å². The molecule has 0 saturated carbocycles. The van der Waals surface area contributed by atoms with Crippen LogP contribution in [0.2, 0.25) is 0 Å². The van der Waals surface area contributed by atoms with Crippen molar-refractivity contribution < 1.29 is 0 Å². The van der Waals surface area contributed by atoms with Gasteiger partial charge in [0.1, 0.15) is 0 Å². The van der Waals surface area contributed by atoms with Crippen LogP contribution in [0.1, 0.15) is 41.8 Å². The second-order valence-corrected chi connectivity index (χ2v) is 8.50. The maximum Gasteiger partial charge on any atom is 0.0796 e. The molecule has 2 aromatic heterocycles. The lowest BCUT2D eigenvalue weighted by Gasteiger charge is -2.22. The standard InChI is InChI=1S/C26H30N4/c1-5-18-8-7-9-19(6-2)25(18)30-26(22-16-29(4)15-13-23(22)28-30)21-11-10-17(3)24-20(21)12-14-27-24/h7-12,14,27H,5-6,13,15-16H2,1-4H3. The first-order valence-electron chi connectivity index (χ1n) is 11.1. The molecule has 0 fully saturated rings. The van der Waals surface area contributed by atoms with Gasteiger partial charge in [0.05, 0.1) is 17.1 Å². The van der Waals surface area contributed by atoms with E-state index in [2.05, 4.69) is 85.0 Å². The first-order chi connectivity index (χ1) is 14.6. The molecule has 30 heavy (non-hydrogen) atoms. The summed E-state index contributed by atoms with van der Waals surface area (Å²) in [6.07, 6.45) is 5.06. The van der Waals surface area contributed by atoms with Gasteiger partial charge in [0.2, 0.25) is 0 Å². The fraction of sp³-hybridized carbons (Fsp3) is 0.346. The Balaban J connectivity index is 1.87. The van der Waals surface area contributed by atoms with Crippen LogP contribution in [-0.2, 0) is 25.8 Å². The first kappa shape index (κ1) is 19.1. The number of aryl methyl sites for hydroxylation is 3. The van der Waals surface area contributed by atoms with Gasteiger partial charge in [0.15, 0.2) is 0 Å². The molecule has 5 rings (SSSR count). The summed E-state index contributed by atoms with van der Waals surface area (Å²) in [4.78, 5) is 5.85. The zero-order chi connectivity index (χ0) is 20.8. The van der Waals surface area contributed by atoms with Gasteiger partial charge in [-0.2, -0.15) is 5.10 Å². The number of fused-ring (bicyclic) bond motifs is 2. The first-order valence-corrected chi connectivity index (χ1v) is 11.1. The Kier molecular flexibility index (Phi) is 4.75. The highest BCUT2D eigenvalue weighted by Gasteiger charge is 2.27. The van der Waals surface area contributed by atoms with E-state index in [1.54, 1.807) is 0 Å². The average molecular weight is 399 g/mol. The van der Waals surface area contributed by atoms with Gasteiger partial charge in [-0.3, -0.25) is 0 Å². The summed E-state index contributed by atoms with van der Waals surface area (Å²) < 4.78 is 2.28. The van der Waals surface area contributed by atoms with Crippen molar-refractivity contribution in [3.63, 3.8) is 0 Å². The van der Waals surface area contributed by atoms with E-state index in [1.807, 2.05) is 0 Å². The lowest BCUT2D eigenvalue weighted by molar-refractivity contribution is 0.312. The minimum absolute atomic E-state index is 0.945. The van der Waals surface area contributed by atoms with E-state index in [4.69, 9.17) is 5.10 Å². The Labute approximate surface area is 178 Å². The molecule has 1 N–H and O–H groups in total. The third-order valence-corrected chi connectivity index (χ3v) is 6.59. The quantitative estimate of drug-likeness (QED) is 0.497. The molecule has 0 amide bonds. The van der Waals surface area contributed by atoms with Crippen LogP contribution >= 0.6 is 0 Å². The molecule has 4 heteroatoms. The number of aromatic nitrogens is 3. The third-order valence-electron chi connectivity index (χ3n) is 6.59. The van der Waals surface area contributed by atoms with Crippen LogP contribution in [0.4, 0.5) is 0 Å². The van der Waals surface area contributed by atoms with Crippen molar-refractivity contribution in [2.24, 2.45) is 0 Å². The summed E-state index contributed by atoms with van der Waals surface area (Å²) in [7, 11) is 2.21. The normalized spacial score (nSPS) is 14.4. The molecule has 3 heterocycles. The lowest BCUT2D eigenvalue weighted by atomic mass is 9.96. The summed E-state index contributed by atoms with van der Waals surface area (Å²) in [5.41, 5.74) is 11.7. The van der Waals surface area contributed by atoms with E-state index in [0.717, 1.165) is 32.4 Å². The molecule has 154 valence electrons. The fourth-order valence-corrected chi connectivity index (χ4v) is 4.94. The van der Waals surface area contributed by atoms with Crippen molar-refractivity contribution in [2.45, 2.75) is 46.6 Å². The topological polar surface area (TPSA) is 36.9 Å². The van der Waals surface area contributed by atoms with Gasteiger partial charge in [0.25, 0.3) is 0 Å². The van der Waals surface area contributed by atoms with Gasteiger partial charge in [-0.25, -0.2) is 4.68 Å². The number of hydrogen-bond donors (Lipinski definition) is 1. The molecule has 0 bridgehead atoms. The van der Waals surface area contributed by atoms with E-state index in [1.165, 1.54) is 55.8 Å². The number of aromatic amines is 1. The third kappa shape index (κ3) is 2.90. The maximum absolute atomic E-state index is 5.24. The number of para-hydroxylation sites is 1. The Morgan fingerprint density at radius 1 is 1.03 bits per heavy atom. The molecular weight excluding hydrogens is 368 g/mol. The monoisotopic (exact) mass is 398 g/mol. The van der Waals surface area contributed by atoms with Crippen molar-refractivity contribution in [2.75, 3.05) is 13.6 Å². The Morgan fingerprint density at radius 3 is 2.53 bits per heavy atom. The highest BCUT2D eigenvalue weighted by Crippen LogP contribution is 2.38. The predicted molar refractivity (Wildman–Crippen MR) is 124 cm³/mol. The van der Waals surface area contributed by atoms with Gasteiger partial charge in [-0.1, -0.05) is 44.2 Å². The molecule has 1 aliphatic heterocycles. The minimum Gasteiger partial charge on any atom is -0.361 e. The lowest BCUT2D eigenvalue weighted by Crippen LogP contribution is -2.26. The summed E-state index contributed by atoms with van der Waals surface area (Å²) in [5.74, 6) is 0. The van der Waals surface area contributed by atoms with Gasteiger partial charge in [-0.15, -0.1) is 0 Å². The molecule has 1 aliphatic rings. The largest absolute Gasteiger partial charge is 0.361 e. The van der Waals surface area contributed by atoms with Gasteiger partial charge < -0.3 is 9.88 Å². The van der Waals surface area contributed by atoms with Gasteiger partial charge >= 0.3 is 0 Å². The summed E-state index contributed by atoms with van der Waals surface area (Å²) in [5, 5.41) is 6.52. The Hall–Kier alpha value is -2.85. The van der Waals surface area contributed by atoms with Gasteiger partial charge in [-0.05, 0) is 49.6 Å². The van der Waals surface area contributed by atoms with E-state index in [9.17, 15) is 0 Å². The fourth-order valence-electron chi connectivity index (χ4n) is 4.94. The van der Waals surface area contributed by atoms with Crippen molar-refractivity contribution in [1.29, 1.82) is 0 Å². The van der Waals surface area contributed by atoms with Crippen LogP contribution in [0, 0.1) is 6.92 Å². The summed E-state index contributed by atoms with van der Waals surface area (Å²) in [6, 6.07) is 13.4. The number of nitrogens with zero attached hydrogens (tertiary/aromatic N) is 3. The molecule has 2 aromatic carbocycles. The predicted octanol–water partition coefficient (Wildman–Crippen LogP) is 5.44. The maximum atomic E-state index is 5.24. The van der Waals surface area contributed by atoms with E-state index >= 15 is 0 Å². The SMILES string of the molecule is CCc1cccc(CC)c1-n1nc2c(c1-c1ccc(C)c3[nH]ccc13)CN(C)CC2. The van der Waals surface area contributed by atoms with Crippen molar-refractivity contribution in [3.8, 4) is 16.9 Å². The van der Waals surface area contributed by atoms with Crippen LogP contribution in [0.3, 0.4) is 0 Å². The zero-order valence-corrected chi connectivity index (χ0v) is 18.4. The number of H-pyrrole nitrogens is 1. The zero-order valence-electron chi connectivity index (χ0n) is 18.4. The number of nitrogens with one attached hydrogen (secondary N) is 1. The Bertz CT molecular complexity index is 1210. The summed E-state index contributed by atoms with van der Waals surface area (Å²) >= 11 is 0. The molecule has 0 radical (unpaired) electrons. The highest BCUT2D eigenvalue weighted by molar-refractivity contribution is 5.97. The molecule has 0 aliphatic carbocycles. The molecule has 4 nitrogen and oxygen atoms in total. The molecular formula is C26H30N4. The van der Waals surface area contributed by atoms with Crippen LogP contribution in [-0.4, -0.2) is 33.3 Å². The summed E-state index contributed by atoms with van der Waals surface area (Å²) in [6.45, 7) is 8.66. The molecule has 0 spiro atoms. The van der Waals surface area contributed by atoms with E-state index in [-0.39, 0.29) is 0 Å². The van der Waals surface area contributed by atoms with Crippen LogP contribution in [0.5, 0.6) is 0 Å². The molecule has 0 atom stereocenters. The molecule has 0 saturated heterocycles. The van der Waals surface area contributed by atoms with Crippen molar-refractivity contribution in [1.82, 2.24) is 19.7 Å². The average Bonchev–Trinajstić information content (AvgIpc) is 3.39. The second-order valence-electron chi connectivity index (χ2n) is 8.50. The van der Waals surface area contributed by atoms with Crippen LogP contribution < -0.4 is 0 Å². The van der Waals surface area contributed by atoms with Crippen molar-refractivity contribution in [3.05, 3.63) is 70.5 Å². The molecule has 4 aromatic rings. The van der Waals surface area contributed by atoms with Crippen molar-refractivity contribution >= 4 is 10.9 Å². The van der Waals surface area contributed by atoms with E-state index in [0.29, 0.717) is 0 Å².